The van der Waals surface area contributed by atoms with Gasteiger partial charge >= 0.3 is 0 Å². The highest BCUT2D eigenvalue weighted by Gasteiger charge is 2.34. The van der Waals surface area contributed by atoms with Crippen molar-refractivity contribution >= 4 is 23.2 Å². The third-order valence-corrected chi connectivity index (χ3v) is 6.19. The second-order valence-electron chi connectivity index (χ2n) is 8.36. The highest BCUT2D eigenvalue weighted by molar-refractivity contribution is 7.10. The molecule has 2 amide bonds. The van der Waals surface area contributed by atoms with Crippen LogP contribution in [0, 0.1) is 17.7 Å². The topological polar surface area (TPSA) is 40.6 Å². The van der Waals surface area contributed by atoms with E-state index in [1.807, 2.05) is 38.0 Å². The van der Waals surface area contributed by atoms with E-state index in [1.165, 1.54) is 17.0 Å². The Morgan fingerprint density at radius 1 is 1.17 bits per heavy atom. The molecule has 0 bridgehead atoms. The van der Waals surface area contributed by atoms with Crippen LogP contribution in [0.5, 0.6) is 0 Å². The Kier molecular flexibility index (Phi) is 6.73. The van der Waals surface area contributed by atoms with Crippen molar-refractivity contribution < 1.29 is 14.0 Å². The molecule has 0 aliphatic carbocycles. The fraction of sp³-hybridized carbons (Fsp3) is 0.478. The summed E-state index contributed by atoms with van der Waals surface area (Å²) in [5, 5.41) is 2.04. The maximum Gasteiger partial charge on any atom is 0.242 e. The van der Waals surface area contributed by atoms with Gasteiger partial charge in [-0.05, 0) is 47.0 Å². The Morgan fingerprint density at radius 3 is 2.48 bits per heavy atom. The lowest BCUT2D eigenvalue weighted by Gasteiger charge is -2.38. The van der Waals surface area contributed by atoms with Gasteiger partial charge in [0, 0.05) is 23.9 Å². The standard InChI is InChI=1S/C23H29FN2O2S/c1-15(2)13-25(23(28)16(3)4)14-21(27)26-11-9-20-19(10-12-29-20)22(26)17-5-7-18(24)8-6-17/h5-8,10,12,15-16,22H,9,11,13-14H2,1-4H3/t22-/m1/s1. The van der Waals surface area contributed by atoms with Crippen molar-refractivity contribution in [3.05, 3.63) is 57.5 Å². The second-order valence-corrected chi connectivity index (χ2v) is 9.36. The molecule has 0 fully saturated rings. The number of hydrogen-bond donors (Lipinski definition) is 0. The van der Waals surface area contributed by atoms with E-state index in [9.17, 15) is 14.0 Å². The molecular weight excluding hydrogens is 387 g/mol. The lowest BCUT2D eigenvalue weighted by atomic mass is 9.93. The van der Waals surface area contributed by atoms with Crippen molar-refractivity contribution in [3.8, 4) is 0 Å². The molecule has 1 atom stereocenters. The van der Waals surface area contributed by atoms with Crippen LogP contribution in [0.1, 0.15) is 49.7 Å². The van der Waals surface area contributed by atoms with Crippen LogP contribution in [0.3, 0.4) is 0 Å². The first-order valence-electron chi connectivity index (χ1n) is 10.2. The van der Waals surface area contributed by atoms with E-state index in [-0.39, 0.29) is 42.1 Å². The number of thiophene rings is 1. The van der Waals surface area contributed by atoms with Crippen LogP contribution >= 0.6 is 11.3 Å². The van der Waals surface area contributed by atoms with E-state index in [2.05, 4.69) is 6.07 Å². The van der Waals surface area contributed by atoms with E-state index >= 15 is 0 Å². The molecule has 1 aliphatic heterocycles. The first-order chi connectivity index (χ1) is 13.8. The molecule has 4 nitrogen and oxygen atoms in total. The summed E-state index contributed by atoms with van der Waals surface area (Å²) in [6.07, 6.45) is 0.804. The van der Waals surface area contributed by atoms with Gasteiger partial charge in [0.15, 0.2) is 0 Å². The Morgan fingerprint density at radius 2 is 1.86 bits per heavy atom. The van der Waals surface area contributed by atoms with Crippen LogP contribution in [0.25, 0.3) is 0 Å². The number of rotatable bonds is 6. The van der Waals surface area contributed by atoms with Crippen LogP contribution in [0.4, 0.5) is 4.39 Å². The average molecular weight is 417 g/mol. The Bertz CT molecular complexity index is 860. The maximum absolute atomic E-state index is 13.5. The molecule has 156 valence electrons. The van der Waals surface area contributed by atoms with Crippen LogP contribution < -0.4 is 0 Å². The van der Waals surface area contributed by atoms with Crippen molar-refractivity contribution in [1.29, 1.82) is 0 Å². The van der Waals surface area contributed by atoms with Crippen LogP contribution in [0.2, 0.25) is 0 Å². The molecule has 2 heterocycles. The minimum absolute atomic E-state index is 0.00128. The molecule has 0 saturated heterocycles. The quantitative estimate of drug-likeness (QED) is 0.696. The molecule has 1 aromatic carbocycles. The molecule has 2 aromatic rings. The fourth-order valence-electron chi connectivity index (χ4n) is 3.88. The summed E-state index contributed by atoms with van der Waals surface area (Å²) in [6.45, 7) is 9.05. The number of carbonyl (C=O) groups is 2. The van der Waals surface area contributed by atoms with Gasteiger partial charge in [-0.2, -0.15) is 0 Å². The van der Waals surface area contributed by atoms with Gasteiger partial charge in [0.1, 0.15) is 5.82 Å². The smallest absolute Gasteiger partial charge is 0.242 e. The second kappa shape index (κ2) is 9.08. The molecule has 1 aromatic heterocycles. The zero-order valence-corrected chi connectivity index (χ0v) is 18.3. The summed E-state index contributed by atoms with van der Waals surface area (Å²) in [5.41, 5.74) is 2.00. The highest BCUT2D eigenvalue weighted by Crippen LogP contribution is 2.38. The zero-order chi connectivity index (χ0) is 21.1. The predicted molar refractivity (Wildman–Crippen MR) is 114 cm³/mol. The maximum atomic E-state index is 13.5. The van der Waals surface area contributed by atoms with Gasteiger partial charge in [0.2, 0.25) is 11.8 Å². The van der Waals surface area contributed by atoms with Gasteiger partial charge < -0.3 is 9.80 Å². The normalized spacial score (nSPS) is 16.2. The van der Waals surface area contributed by atoms with Gasteiger partial charge in [0.25, 0.3) is 0 Å². The van der Waals surface area contributed by atoms with Crippen molar-refractivity contribution in [1.82, 2.24) is 9.80 Å². The van der Waals surface area contributed by atoms with Crippen LogP contribution in [-0.2, 0) is 16.0 Å². The number of carbonyl (C=O) groups excluding carboxylic acids is 2. The molecule has 0 saturated carbocycles. The van der Waals surface area contributed by atoms with E-state index in [0.29, 0.717) is 13.1 Å². The average Bonchev–Trinajstić information content (AvgIpc) is 3.15. The first kappa shape index (κ1) is 21.5. The summed E-state index contributed by atoms with van der Waals surface area (Å²) < 4.78 is 13.5. The summed E-state index contributed by atoms with van der Waals surface area (Å²) in [7, 11) is 0. The fourth-order valence-corrected chi connectivity index (χ4v) is 4.79. The number of amides is 2. The summed E-state index contributed by atoms with van der Waals surface area (Å²) >= 11 is 1.70. The Hall–Kier alpha value is -2.21. The van der Waals surface area contributed by atoms with Crippen molar-refractivity contribution in [3.63, 3.8) is 0 Å². The summed E-state index contributed by atoms with van der Waals surface area (Å²) in [6, 6.07) is 8.18. The van der Waals surface area contributed by atoms with E-state index in [4.69, 9.17) is 0 Å². The van der Waals surface area contributed by atoms with Gasteiger partial charge in [-0.15, -0.1) is 11.3 Å². The highest BCUT2D eigenvalue weighted by atomic mass is 32.1. The van der Waals surface area contributed by atoms with Gasteiger partial charge in [-0.1, -0.05) is 39.8 Å². The van der Waals surface area contributed by atoms with Crippen LogP contribution in [0.15, 0.2) is 35.7 Å². The monoisotopic (exact) mass is 416 g/mol. The molecule has 1 aliphatic rings. The molecular formula is C23H29FN2O2S. The lowest BCUT2D eigenvalue weighted by Crippen LogP contribution is -2.48. The molecule has 6 heteroatoms. The molecule has 3 rings (SSSR count). The number of fused-ring (bicyclic) bond motifs is 1. The summed E-state index contributed by atoms with van der Waals surface area (Å²) in [4.78, 5) is 30.8. The molecule has 0 spiro atoms. The van der Waals surface area contributed by atoms with Crippen LogP contribution in [-0.4, -0.2) is 41.2 Å². The van der Waals surface area contributed by atoms with E-state index in [1.54, 1.807) is 28.4 Å². The van der Waals surface area contributed by atoms with Crippen molar-refractivity contribution in [2.24, 2.45) is 11.8 Å². The lowest BCUT2D eigenvalue weighted by molar-refractivity contribution is -0.143. The number of nitrogens with zero attached hydrogens (tertiary/aromatic N) is 2. The molecule has 29 heavy (non-hydrogen) atoms. The van der Waals surface area contributed by atoms with Gasteiger partial charge in [0.05, 0.1) is 12.6 Å². The minimum Gasteiger partial charge on any atom is -0.333 e. The largest absolute Gasteiger partial charge is 0.333 e. The number of hydrogen-bond acceptors (Lipinski definition) is 3. The van der Waals surface area contributed by atoms with Gasteiger partial charge in [-0.3, -0.25) is 9.59 Å². The molecule has 0 unspecified atom stereocenters. The number of halogens is 1. The predicted octanol–water partition coefficient (Wildman–Crippen LogP) is 4.50. The van der Waals surface area contributed by atoms with E-state index in [0.717, 1.165) is 17.5 Å². The first-order valence-corrected chi connectivity index (χ1v) is 11.1. The number of benzene rings is 1. The Balaban J connectivity index is 1.89. The van der Waals surface area contributed by atoms with Crippen molar-refractivity contribution in [2.75, 3.05) is 19.6 Å². The van der Waals surface area contributed by atoms with Crippen molar-refractivity contribution in [2.45, 2.75) is 40.2 Å². The summed E-state index contributed by atoms with van der Waals surface area (Å²) in [5.74, 6) is -0.231. The molecule has 0 N–H and O–H groups in total. The minimum atomic E-state index is -0.293. The van der Waals surface area contributed by atoms with Gasteiger partial charge in [-0.25, -0.2) is 4.39 Å². The Labute approximate surface area is 176 Å². The van der Waals surface area contributed by atoms with E-state index < -0.39 is 0 Å². The zero-order valence-electron chi connectivity index (χ0n) is 17.5. The SMILES string of the molecule is CC(C)CN(CC(=O)N1CCc2sccc2[C@H]1c1ccc(F)cc1)C(=O)C(C)C. The molecule has 0 radical (unpaired) electrons. The third-order valence-electron chi connectivity index (χ3n) is 5.19. The third kappa shape index (κ3) is 4.86.